The first-order valence-corrected chi connectivity index (χ1v) is 3.90. The minimum absolute atomic E-state index is 0.244. The second kappa shape index (κ2) is 4.13. The molecule has 0 saturated carbocycles. The van der Waals surface area contributed by atoms with E-state index in [9.17, 15) is 0 Å². The topological polar surface area (TPSA) is 86.8 Å². The number of rotatable bonds is 3. The number of imidazole rings is 1. The molecule has 0 saturated heterocycles. The third kappa shape index (κ3) is 1.92. The van der Waals surface area contributed by atoms with E-state index in [4.69, 9.17) is 22.2 Å². The van der Waals surface area contributed by atoms with Crippen LogP contribution in [0.3, 0.4) is 0 Å². The van der Waals surface area contributed by atoms with Gasteiger partial charge < -0.3 is 9.67 Å². The highest BCUT2D eigenvalue weighted by atomic mass is 35.5. The van der Waals surface area contributed by atoms with Gasteiger partial charge in [-0.2, -0.15) is 0 Å². The monoisotopic (exact) mass is 201 g/mol. The first-order chi connectivity index (χ1) is 6.20. The Kier molecular flexibility index (Phi) is 3.13. The third-order valence-electron chi connectivity index (χ3n) is 1.62. The predicted octanol–water partition coefficient (Wildman–Crippen LogP) is 1.42. The molecule has 0 amide bonds. The number of azide groups is 1. The van der Waals surface area contributed by atoms with Crippen molar-refractivity contribution in [1.82, 2.24) is 9.55 Å². The highest BCUT2D eigenvalue weighted by Crippen LogP contribution is 2.23. The van der Waals surface area contributed by atoms with Crippen LogP contribution >= 0.6 is 11.6 Å². The maximum Gasteiger partial charge on any atom is 0.150 e. The van der Waals surface area contributed by atoms with Crippen molar-refractivity contribution in [3.8, 4) is 0 Å². The van der Waals surface area contributed by atoms with E-state index in [0.29, 0.717) is 5.69 Å². The lowest BCUT2D eigenvalue weighted by molar-refractivity contribution is 0.264. The van der Waals surface area contributed by atoms with Gasteiger partial charge in [0.05, 0.1) is 18.6 Å². The number of hydrogen-bond donors (Lipinski definition) is 1. The van der Waals surface area contributed by atoms with Gasteiger partial charge in [-0.3, -0.25) is 0 Å². The molecule has 1 heterocycles. The molecule has 0 spiro atoms. The largest absolute Gasteiger partial charge is 0.396 e. The summed E-state index contributed by atoms with van der Waals surface area (Å²) in [5.74, 6) is 0. The average Bonchev–Trinajstić information content (AvgIpc) is 2.43. The molecule has 1 N–H and O–H groups in total. The molecular formula is C6H8ClN5O. The van der Waals surface area contributed by atoms with E-state index in [1.165, 1.54) is 6.33 Å². The van der Waals surface area contributed by atoms with Crippen LogP contribution in [0, 0.1) is 0 Å². The van der Waals surface area contributed by atoms with Crippen molar-refractivity contribution in [2.75, 3.05) is 6.61 Å². The van der Waals surface area contributed by atoms with Crippen LogP contribution in [0.2, 0.25) is 5.15 Å². The van der Waals surface area contributed by atoms with Crippen LogP contribution in [0.25, 0.3) is 10.4 Å². The number of aryl methyl sites for hydroxylation is 1. The number of aliphatic hydroxyl groups excluding tert-OH is 1. The molecule has 0 fully saturated rings. The van der Waals surface area contributed by atoms with Gasteiger partial charge in [0.1, 0.15) is 6.04 Å². The zero-order chi connectivity index (χ0) is 9.84. The quantitative estimate of drug-likeness (QED) is 0.455. The molecule has 1 aromatic heterocycles. The van der Waals surface area contributed by atoms with Gasteiger partial charge in [0.2, 0.25) is 0 Å². The zero-order valence-corrected chi connectivity index (χ0v) is 7.68. The average molecular weight is 202 g/mol. The predicted molar refractivity (Wildman–Crippen MR) is 47.2 cm³/mol. The van der Waals surface area contributed by atoms with Crippen molar-refractivity contribution < 1.29 is 5.11 Å². The molecule has 1 rings (SSSR count). The number of halogens is 1. The minimum atomic E-state index is -0.676. The summed E-state index contributed by atoms with van der Waals surface area (Å²) in [4.78, 5) is 6.41. The van der Waals surface area contributed by atoms with Gasteiger partial charge in [0.15, 0.2) is 5.15 Å². The van der Waals surface area contributed by atoms with Gasteiger partial charge in [-0.1, -0.05) is 16.7 Å². The molecule has 13 heavy (non-hydrogen) atoms. The highest BCUT2D eigenvalue weighted by Gasteiger charge is 2.16. The molecule has 7 heteroatoms. The van der Waals surface area contributed by atoms with Crippen LogP contribution < -0.4 is 0 Å². The van der Waals surface area contributed by atoms with Gasteiger partial charge in [0, 0.05) is 12.0 Å². The SMILES string of the molecule is Cn1cnc(Cl)c1C(CO)N=[N+]=[N-]. The van der Waals surface area contributed by atoms with Crippen LogP contribution in [0.15, 0.2) is 11.4 Å². The van der Waals surface area contributed by atoms with Crippen LogP contribution in [0.5, 0.6) is 0 Å². The van der Waals surface area contributed by atoms with Crippen molar-refractivity contribution >= 4 is 11.6 Å². The van der Waals surface area contributed by atoms with E-state index in [0.717, 1.165) is 0 Å². The Hall–Kier alpha value is -1.23. The molecule has 0 aromatic carbocycles. The van der Waals surface area contributed by atoms with Crippen LogP contribution in [-0.2, 0) is 7.05 Å². The summed E-state index contributed by atoms with van der Waals surface area (Å²) in [7, 11) is 1.71. The lowest BCUT2D eigenvalue weighted by Crippen LogP contribution is -2.06. The van der Waals surface area contributed by atoms with Crippen molar-refractivity contribution in [2.24, 2.45) is 12.2 Å². The fourth-order valence-electron chi connectivity index (χ4n) is 1.02. The summed E-state index contributed by atoms with van der Waals surface area (Å²) in [6, 6.07) is -0.676. The van der Waals surface area contributed by atoms with E-state index in [1.54, 1.807) is 11.6 Å². The van der Waals surface area contributed by atoms with Gasteiger partial charge in [-0.05, 0) is 5.53 Å². The van der Waals surface area contributed by atoms with Crippen molar-refractivity contribution in [1.29, 1.82) is 0 Å². The number of hydrogen-bond acceptors (Lipinski definition) is 3. The lowest BCUT2D eigenvalue weighted by atomic mass is 10.2. The normalized spacial score (nSPS) is 12.2. The van der Waals surface area contributed by atoms with E-state index in [2.05, 4.69) is 15.0 Å². The highest BCUT2D eigenvalue weighted by molar-refractivity contribution is 6.30. The van der Waals surface area contributed by atoms with Crippen molar-refractivity contribution in [3.63, 3.8) is 0 Å². The molecule has 1 aromatic rings. The first-order valence-electron chi connectivity index (χ1n) is 3.52. The maximum atomic E-state index is 8.91. The molecule has 0 aliphatic heterocycles. The van der Waals surface area contributed by atoms with Crippen molar-refractivity contribution in [2.45, 2.75) is 6.04 Å². The van der Waals surface area contributed by atoms with E-state index >= 15 is 0 Å². The Bertz CT molecular complexity index is 323. The van der Waals surface area contributed by atoms with Crippen LogP contribution in [0.1, 0.15) is 11.7 Å². The minimum Gasteiger partial charge on any atom is -0.396 e. The zero-order valence-electron chi connectivity index (χ0n) is 6.92. The smallest absolute Gasteiger partial charge is 0.150 e. The Morgan fingerprint density at radius 2 is 2.62 bits per heavy atom. The fraction of sp³-hybridized carbons (Fsp3) is 0.500. The summed E-state index contributed by atoms with van der Waals surface area (Å²) >= 11 is 5.73. The number of aromatic nitrogens is 2. The van der Waals surface area contributed by atoms with Gasteiger partial charge >= 0.3 is 0 Å². The van der Waals surface area contributed by atoms with Crippen molar-refractivity contribution in [3.05, 3.63) is 27.6 Å². The van der Waals surface area contributed by atoms with E-state index in [-0.39, 0.29) is 11.8 Å². The standard InChI is InChI=1S/C6H8ClN5O/c1-12-3-9-6(7)5(12)4(2-13)10-11-8/h3-4,13H,2H2,1H3. The van der Waals surface area contributed by atoms with E-state index < -0.39 is 6.04 Å². The van der Waals surface area contributed by atoms with Crippen LogP contribution in [0.4, 0.5) is 0 Å². The molecule has 70 valence electrons. The fourth-order valence-corrected chi connectivity index (χ4v) is 1.33. The molecule has 6 nitrogen and oxygen atoms in total. The Labute approximate surface area is 79.4 Å². The first kappa shape index (κ1) is 9.85. The second-order valence-corrected chi connectivity index (χ2v) is 2.79. The number of aliphatic hydroxyl groups is 1. The molecule has 0 aliphatic rings. The molecule has 0 aliphatic carbocycles. The summed E-state index contributed by atoms with van der Waals surface area (Å²) in [6.45, 7) is -0.288. The lowest BCUT2D eigenvalue weighted by Gasteiger charge is -2.08. The Balaban J connectivity index is 3.09. The summed E-state index contributed by atoms with van der Waals surface area (Å²) in [6.07, 6.45) is 1.49. The maximum absolute atomic E-state index is 8.91. The molecule has 0 bridgehead atoms. The molecule has 0 radical (unpaired) electrons. The van der Waals surface area contributed by atoms with Gasteiger partial charge in [0.25, 0.3) is 0 Å². The van der Waals surface area contributed by atoms with Gasteiger partial charge in [-0.15, -0.1) is 0 Å². The second-order valence-electron chi connectivity index (χ2n) is 2.43. The third-order valence-corrected chi connectivity index (χ3v) is 1.91. The molecule has 1 atom stereocenters. The van der Waals surface area contributed by atoms with Crippen LogP contribution in [-0.4, -0.2) is 21.3 Å². The summed E-state index contributed by atoms with van der Waals surface area (Å²) < 4.78 is 1.61. The summed E-state index contributed by atoms with van der Waals surface area (Å²) in [5, 5.41) is 12.5. The molecular weight excluding hydrogens is 194 g/mol. The number of nitrogens with zero attached hydrogens (tertiary/aromatic N) is 5. The summed E-state index contributed by atoms with van der Waals surface area (Å²) in [5.41, 5.74) is 8.74. The Morgan fingerprint density at radius 3 is 3.00 bits per heavy atom. The van der Waals surface area contributed by atoms with Gasteiger partial charge in [-0.25, -0.2) is 4.98 Å². The molecule has 1 unspecified atom stereocenters. The Morgan fingerprint density at radius 1 is 1.92 bits per heavy atom. The van der Waals surface area contributed by atoms with E-state index in [1.807, 2.05) is 0 Å².